The Bertz CT molecular complexity index is 1230. The number of thioether (sulfide) groups is 1. The van der Waals surface area contributed by atoms with Crippen LogP contribution < -0.4 is 0 Å². The van der Waals surface area contributed by atoms with Crippen molar-refractivity contribution in [3.63, 3.8) is 0 Å². The van der Waals surface area contributed by atoms with Crippen LogP contribution in [0, 0.1) is 0 Å². The summed E-state index contributed by atoms with van der Waals surface area (Å²) >= 11 is 1.65. The molecule has 1 aliphatic heterocycles. The van der Waals surface area contributed by atoms with Gasteiger partial charge in [0, 0.05) is 16.8 Å². The highest BCUT2D eigenvalue weighted by Crippen LogP contribution is 2.43. The van der Waals surface area contributed by atoms with E-state index >= 15 is 0 Å². The molecule has 0 aliphatic carbocycles. The summed E-state index contributed by atoms with van der Waals surface area (Å²) in [6.45, 7) is 17.5. The number of ether oxygens (including phenoxy) is 2. The molecular weight excluding hydrogens is 503 g/mol. The van der Waals surface area contributed by atoms with E-state index in [2.05, 4.69) is 12.6 Å². The van der Waals surface area contributed by atoms with Crippen LogP contribution in [0.4, 0.5) is 14.0 Å². The average molecular weight is 545 g/mol. The molecule has 1 aliphatic rings. The first-order chi connectivity index (χ1) is 17.8. The maximum atomic E-state index is 13.7. The van der Waals surface area contributed by atoms with Gasteiger partial charge in [0.1, 0.15) is 17.2 Å². The smallest absolute Gasteiger partial charge is 0.419 e. The topological polar surface area (TPSA) is 60.8 Å². The lowest BCUT2D eigenvalue weighted by Crippen LogP contribution is -2.44. The highest BCUT2D eigenvalue weighted by atomic mass is 32.2. The summed E-state index contributed by atoms with van der Waals surface area (Å²) in [5.41, 5.74) is 1.95. The number of rotatable bonds is 4. The van der Waals surface area contributed by atoms with Gasteiger partial charge >= 0.3 is 12.2 Å². The lowest BCUT2D eigenvalue weighted by Gasteiger charge is -2.38. The first-order valence-corrected chi connectivity index (χ1v) is 13.8. The molecule has 1 amide bonds. The molecule has 208 valence electrons. The van der Waals surface area contributed by atoms with Gasteiger partial charge in [-0.25, -0.2) is 14.2 Å². The predicted molar refractivity (Wildman–Crippen MR) is 155 cm³/mol. The van der Waals surface area contributed by atoms with E-state index in [1.165, 1.54) is 0 Å². The largest absolute Gasteiger partial charge is 0.444 e. The van der Waals surface area contributed by atoms with Crippen molar-refractivity contribution in [1.29, 1.82) is 0 Å². The van der Waals surface area contributed by atoms with Gasteiger partial charge in [-0.2, -0.15) is 0 Å². The van der Waals surface area contributed by atoms with Crippen molar-refractivity contribution in [3.05, 3.63) is 65.9 Å². The van der Waals surface area contributed by atoms with Crippen molar-refractivity contribution >= 4 is 34.9 Å². The van der Waals surface area contributed by atoms with E-state index in [1.54, 1.807) is 27.3 Å². The number of hydrogen-bond donors (Lipinski definition) is 0. The summed E-state index contributed by atoms with van der Waals surface area (Å²) in [6, 6.07) is 5.50. The zero-order valence-electron chi connectivity index (χ0n) is 24.1. The molecule has 6 nitrogen and oxygen atoms in total. The Hall–Kier alpha value is -3.00. The van der Waals surface area contributed by atoms with Crippen LogP contribution >= 0.6 is 11.8 Å². The number of hydrogen-bond acceptors (Lipinski definition) is 5. The summed E-state index contributed by atoms with van der Waals surface area (Å²) in [6.07, 6.45) is 9.19. The molecule has 0 fully saturated rings. The normalized spacial score (nSPS) is 16.1. The molecule has 0 bridgehead atoms. The Morgan fingerprint density at radius 1 is 1.08 bits per heavy atom. The van der Waals surface area contributed by atoms with Gasteiger partial charge in [-0.05, 0) is 90.5 Å². The maximum absolute atomic E-state index is 13.7. The minimum atomic E-state index is -0.684. The summed E-state index contributed by atoms with van der Waals surface area (Å²) in [5, 5.41) is 0.992. The van der Waals surface area contributed by atoms with Crippen molar-refractivity contribution < 1.29 is 23.5 Å². The van der Waals surface area contributed by atoms with Crippen LogP contribution in [-0.4, -0.2) is 52.8 Å². The molecule has 1 atom stereocenters. The van der Waals surface area contributed by atoms with E-state index in [9.17, 15) is 14.0 Å². The van der Waals surface area contributed by atoms with Crippen molar-refractivity contribution in [2.45, 2.75) is 77.0 Å². The van der Waals surface area contributed by atoms with Crippen LogP contribution in [0.5, 0.6) is 0 Å². The van der Waals surface area contributed by atoms with Crippen molar-refractivity contribution in [3.8, 4) is 0 Å². The van der Waals surface area contributed by atoms with Crippen molar-refractivity contribution in [2.75, 3.05) is 20.0 Å². The van der Waals surface area contributed by atoms with E-state index in [0.717, 1.165) is 26.9 Å². The SMILES string of the molecule is C=C/C(=C\C=C/C)C1c2c(c3cc(SC)ccc3n2C(=O)OC(C)(C)C)CCN1C(=O)OC(C)(C)C.CF. The molecule has 2 heterocycles. The quantitative estimate of drug-likeness (QED) is 0.286. The Morgan fingerprint density at radius 3 is 2.21 bits per heavy atom. The van der Waals surface area contributed by atoms with Crippen LogP contribution in [0.3, 0.4) is 0 Å². The van der Waals surface area contributed by atoms with Gasteiger partial charge in [0.2, 0.25) is 0 Å². The second-order valence-corrected chi connectivity index (χ2v) is 11.7. The Labute approximate surface area is 230 Å². The van der Waals surface area contributed by atoms with Gasteiger partial charge in [0.25, 0.3) is 0 Å². The Morgan fingerprint density at radius 2 is 1.68 bits per heavy atom. The molecule has 0 saturated heterocycles. The zero-order valence-corrected chi connectivity index (χ0v) is 24.9. The fourth-order valence-corrected chi connectivity index (χ4v) is 4.82. The number of benzene rings is 1. The molecule has 2 aromatic rings. The summed E-state index contributed by atoms with van der Waals surface area (Å²) in [5.74, 6) is 0. The van der Waals surface area contributed by atoms with Gasteiger partial charge in [-0.15, -0.1) is 11.8 Å². The molecule has 0 N–H and O–H groups in total. The van der Waals surface area contributed by atoms with Gasteiger partial charge in [-0.3, -0.25) is 9.29 Å². The Kier molecular flexibility index (Phi) is 10.4. The highest BCUT2D eigenvalue weighted by molar-refractivity contribution is 7.98. The number of carbonyl (C=O) groups is 2. The standard InChI is InChI=1S/C29H38N2O4S.CH3F/c1-10-12-13-19(11-2)24-25-21(16-17-30(24)26(32)34-28(3,4)5)22-18-20(36-9)14-15-23(22)31(25)27(33)35-29(6,7)8;1-2/h10-15,18,24H,2,16-17H2,1,3-9H3;1H3/b12-10-,19-13+;. The van der Waals surface area contributed by atoms with Gasteiger partial charge < -0.3 is 9.47 Å². The number of fused-ring (bicyclic) bond motifs is 3. The molecule has 8 heteroatoms. The fraction of sp³-hybridized carbons (Fsp3) is 0.467. The van der Waals surface area contributed by atoms with E-state index in [-0.39, 0.29) is 0 Å². The van der Waals surface area contributed by atoms with Crippen LogP contribution in [0.2, 0.25) is 0 Å². The minimum Gasteiger partial charge on any atom is -0.444 e. The molecule has 0 saturated carbocycles. The van der Waals surface area contributed by atoms with Crippen LogP contribution in [0.1, 0.15) is 65.8 Å². The first kappa shape index (κ1) is 31.2. The maximum Gasteiger partial charge on any atom is 0.419 e. The molecule has 1 aromatic heterocycles. The molecule has 0 radical (unpaired) electrons. The van der Waals surface area contributed by atoms with E-state index in [1.807, 2.05) is 85.1 Å². The number of amides is 1. The summed E-state index contributed by atoms with van der Waals surface area (Å²) < 4.78 is 22.8. The van der Waals surface area contributed by atoms with Gasteiger partial charge in [-0.1, -0.05) is 30.9 Å². The number of aromatic nitrogens is 1. The molecule has 1 unspecified atom stereocenters. The molecule has 1 aromatic carbocycles. The van der Waals surface area contributed by atoms with Gasteiger partial charge in [0.05, 0.1) is 18.4 Å². The summed E-state index contributed by atoms with van der Waals surface area (Å²) in [4.78, 5) is 29.9. The second-order valence-electron chi connectivity index (χ2n) is 10.8. The third-order valence-electron chi connectivity index (χ3n) is 5.73. The highest BCUT2D eigenvalue weighted by Gasteiger charge is 2.40. The molecule has 38 heavy (non-hydrogen) atoms. The van der Waals surface area contributed by atoms with Crippen LogP contribution in [0.25, 0.3) is 10.9 Å². The van der Waals surface area contributed by atoms with Crippen LogP contribution in [0.15, 0.2) is 59.6 Å². The molecular formula is C30H41FN2O4S. The third-order valence-corrected chi connectivity index (χ3v) is 6.46. The third kappa shape index (κ3) is 7.10. The number of halogens is 1. The zero-order chi connectivity index (χ0) is 28.8. The lowest BCUT2D eigenvalue weighted by molar-refractivity contribution is 0.0163. The van der Waals surface area contributed by atoms with Crippen LogP contribution in [-0.2, 0) is 15.9 Å². The number of alkyl halides is 1. The molecule has 0 spiro atoms. The lowest BCUT2D eigenvalue weighted by atomic mass is 9.92. The Balaban J connectivity index is 0.00000247. The summed E-state index contributed by atoms with van der Waals surface area (Å²) in [7, 11) is 0.500. The van der Waals surface area contributed by atoms with E-state index < -0.39 is 29.4 Å². The fourth-order valence-electron chi connectivity index (χ4n) is 4.38. The van der Waals surface area contributed by atoms with E-state index in [4.69, 9.17) is 9.47 Å². The average Bonchev–Trinajstić information content (AvgIpc) is 3.17. The van der Waals surface area contributed by atoms with Gasteiger partial charge in [0.15, 0.2) is 0 Å². The van der Waals surface area contributed by atoms with Crippen molar-refractivity contribution in [1.82, 2.24) is 9.47 Å². The first-order valence-electron chi connectivity index (χ1n) is 12.6. The second kappa shape index (κ2) is 12.7. The van der Waals surface area contributed by atoms with E-state index in [0.29, 0.717) is 25.8 Å². The van der Waals surface area contributed by atoms with Crippen molar-refractivity contribution in [2.24, 2.45) is 0 Å². The number of allylic oxidation sites excluding steroid dienone is 3. The minimum absolute atomic E-state index is 0.433. The molecule has 3 rings (SSSR count). The monoisotopic (exact) mass is 544 g/mol. The predicted octanol–water partition coefficient (Wildman–Crippen LogP) is 8.25. The number of nitrogens with zero attached hydrogens (tertiary/aromatic N) is 2. The number of carbonyl (C=O) groups excluding carboxylic acids is 2.